The largest absolute Gasteiger partial charge is 0.342 e. The summed E-state index contributed by atoms with van der Waals surface area (Å²) in [5.74, 6) is 0.744. The lowest BCUT2D eigenvalue weighted by molar-refractivity contribution is -0.139. The summed E-state index contributed by atoms with van der Waals surface area (Å²) in [4.78, 5) is 37.0. The number of carbonyl (C=O) groups is 3. The second-order valence-electron chi connectivity index (χ2n) is 6.21. The highest BCUT2D eigenvalue weighted by atomic mass is 16.2. The van der Waals surface area contributed by atoms with Gasteiger partial charge in [0.25, 0.3) is 0 Å². The summed E-state index contributed by atoms with van der Waals surface area (Å²) in [6, 6.07) is 0. The van der Waals surface area contributed by atoms with Gasteiger partial charge in [-0.3, -0.25) is 14.4 Å². The Morgan fingerprint density at radius 2 is 1.61 bits per heavy atom. The van der Waals surface area contributed by atoms with Crippen LogP contribution in [0.4, 0.5) is 0 Å². The third-order valence-corrected chi connectivity index (χ3v) is 4.60. The lowest BCUT2D eigenvalue weighted by Crippen LogP contribution is -2.47. The smallest absolute Gasteiger partial charge is 0.225 e. The van der Waals surface area contributed by atoms with Gasteiger partial charge in [-0.2, -0.15) is 0 Å². The summed E-state index contributed by atoms with van der Waals surface area (Å²) < 4.78 is 0. The maximum Gasteiger partial charge on any atom is 0.225 e. The molecular formula is C14H19NO3. The van der Waals surface area contributed by atoms with Crippen molar-refractivity contribution in [2.75, 3.05) is 13.1 Å². The summed E-state index contributed by atoms with van der Waals surface area (Å²) in [6.45, 7) is 1.46. The maximum absolute atomic E-state index is 12.0. The van der Waals surface area contributed by atoms with Gasteiger partial charge >= 0.3 is 0 Å². The van der Waals surface area contributed by atoms with E-state index in [0.717, 1.165) is 38.8 Å². The van der Waals surface area contributed by atoms with Gasteiger partial charge in [0, 0.05) is 31.8 Å². The van der Waals surface area contributed by atoms with Crippen molar-refractivity contribution in [3.05, 3.63) is 0 Å². The summed E-state index contributed by atoms with van der Waals surface area (Å²) >= 11 is 0. The molecule has 0 aromatic carbocycles. The zero-order valence-corrected chi connectivity index (χ0v) is 10.6. The van der Waals surface area contributed by atoms with Gasteiger partial charge in [-0.25, -0.2) is 0 Å². The topological polar surface area (TPSA) is 54.5 Å². The molecule has 3 aliphatic rings. The van der Waals surface area contributed by atoms with Gasteiger partial charge in [0.2, 0.25) is 5.91 Å². The predicted molar refractivity (Wildman–Crippen MR) is 64.8 cm³/mol. The van der Waals surface area contributed by atoms with Crippen LogP contribution >= 0.6 is 0 Å². The van der Waals surface area contributed by atoms with Gasteiger partial charge < -0.3 is 4.90 Å². The first-order valence-corrected chi connectivity index (χ1v) is 6.90. The van der Waals surface area contributed by atoms with E-state index in [1.807, 2.05) is 4.90 Å². The van der Waals surface area contributed by atoms with Crippen molar-refractivity contribution in [1.29, 1.82) is 0 Å². The van der Waals surface area contributed by atoms with Gasteiger partial charge in [-0.15, -0.1) is 0 Å². The van der Waals surface area contributed by atoms with Gasteiger partial charge in [-0.1, -0.05) is 0 Å². The van der Waals surface area contributed by atoms with Gasteiger partial charge in [0.1, 0.15) is 11.6 Å². The van der Waals surface area contributed by atoms with Gasteiger partial charge in [0.05, 0.1) is 6.42 Å². The van der Waals surface area contributed by atoms with Crippen molar-refractivity contribution in [3.63, 3.8) is 0 Å². The number of ketones is 2. The van der Waals surface area contributed by atoms with E-state index in [9.17, 15) is 14.4 Å². The van der Waals surface area contributed by atoms with Crippen molar-refractivity contribution < 1.29 is 14.4 Å². The Balaban J connectivity index is 1.63. The first kappa shape index (κ1) is 11.9. The molecule has 2 aliphatic carbocycles. The summed E-state index contributed by atoms with van der Waals surface area (Å²) in [6.07, 6.45) is 4.95. The normalized spacial score (nSPS) is 27.7. The van der Waals surface area contributed by atoms with Gasteiger partial charge in [0.15, 0.2) is 0 Å². The van der Waals surface area contributed by atoms with Crippen LogP contribution in [0.3, 0.4) is 0 Å². The van der Waals surface area contributed by atoms with Crippen LogP contribution in [0.2, 0.25) is 0 Å². The fourth-order valence-electron chi connectivity index (χ4n) is 3.39. The molecule has 0 aromatic rings. The Morgan fingerprint density at radius 1 is 1.06 bits per heavy atom. The number of amides is 1. The number of hydrogen-bond donors (Lipinski definition) is 0. The SMILES string of the molecule is O=C1CC(=O)CC2(CCN(C(=O)C3CC3)CC2)C1. The van der Waals surface area contributed by atoms with Crippen LogP contribution in [-0.2, 0) is 14.4 Å². The highest BCUT2D eigenvalue weighted by Crippen LogP contribution is 2.43. The van der Waals surface area contributed by atoms with Crippen LogP contribution in [0.1, 0.15) is 44.9 Å². The van der Waals surface area contributed by atoms with Crippen molar-refractivity contribution in [1.82, 2.24) is 4.90 Å². The molecule has 18 heavy (non-hydrogen) atoms. The molecular weight excluding hydrogens is 230 g/mol. The second-order valence-corrected chi connectivity index (χ2v) is 6.21. The Morgan fingerprint density at radius 3 is 2.11 bits per heavy atom. The molecule has 0 N–H and O–H groups in total. The van der Waals surface area contributed by atoms with Gasteiger partial charge in [-0.05, 0) is 31.1 Å². The van der Waals surface area contributed by atoms with Crippen LogP contribution in [-0.4, -0.2) is 35.5 Å². The molecule has 4 nitrogen and oxygen atoms in total. The molecule has 0 bridgehead atoms. The molecule has 98 valence electrons. The Kier molecular flexibility index (Phi) is 2.76. The third-order valence-electron chi connectivity index (χ3n) is 4.60. The number of rotatable bonds is 1. The molecule has 3 fully saturated rings. The lowest BCUT2D eigenvalue weighted by atomic mass is 9.67. The molecule has 0 radical (unpaired) electrons. The predicted octanol–water partition coefficient (Wildman–Crippen LogP) is 1.33. The van der Waals surface area contributed by atoms with Crippen molar-refractivity contribution in [2.45, 2.75) is 44.9 Å². The molecule has 3 rings (SSSR count). The zero-order valence-electron chi connectivity index (χ0n) is 10.6. The first-order chi connectivity index (χ1) is 8.58. The fourth-order valence-corrected chi connectivity index (χ4v) is 3.39. The van der Waals surface area contributed by atoms with Crippen LogP contribution in [0.5, 0.6) is 0 Å². The van der Waals surface area contributed by atoms with Crippen LogP contribution in [0.25, 0.3) is 0 Å². The van der Waals surface area contributed by atoms with Crippen LogP contribution in [0, 0.1) is 11.3 Å². The molecule has 0 unspecified atom stereocenters. The number of piperidine rings is 1. The monoisotopic (exact) mass is 249 g/mol. The van der Waals surface area contributed by atoms with E-state index in [0.29, 0.717) is 18.7 Å². The number of Topliss-reactive ketones (excluding diaryl/α,β-unsaturated/α-hetero) is 2. The molecule has 1 saturated heterocycles. The number of nitrogens with zero attached hydrogens (tertiary/aromatic N) is 1. The summed E-state index contributed by atoms with van der Waals surface area (Å²) in [5.41, 5.74) is -0.118. The standard InChI is InChI=1S/C14H19NO3/c16-11-7-12(17)9-14(8-11)3-5-15(6-4-14)13(18)10-1-2-10/h10H,1-9H2. The average Bonchev–Trinajstić information content (AvgIpc) is 3.11. The summed E-state index contributed by atoms with van der Waals surface area (Å²) in [7, 11) is 0. The van der Waals surface area contributed by atoms with Crippen LogP contribution < -0.4 is 0 Å². The average molecular weight is 249 g/mol. The molecule has 0 aromatic heterocycles. The minimum atomic E-state index is -0.118. The minimum absolute atomic E-state index is 0.0909. The molecule has 1 spiro atoms. The second kappa shape index (κ2) is 4.18. The molecule has 1 heterocycles. The fraction of sp³-hybridized carbons (Fsp3) is 0.786. The quantitative estimate of drug-likeness (QED) is 0.659. The Bertz CT molecular complexity index is 385. The number of hydrogen-bond acceptors (Lipinski definition) is 3. The van der Waals surface area contributed by atoms with E-state index < -0.39 is 0 Å². The highest BCUT2D eigenvalue weighted by molar-refractivity contribution is 6.02. The summed E-state index contributed by atoms with van der Waals surface area (Å²) in [5, 5.41) is 0. The van der Waals surface area contributed by atoms with E-state index in [1.54, 1.807) is 0 Å². The van der Waals surface area contributed by atoms with E-state index in [2.05, 4.69) is 0 Å². The van der Waals surface area contributed by atoms with Crippen molar-refractivity contribution in [3.8, 4) is 0 Å². The molecule has 1 aliphatic heterocycles. The highest BCUT2D eigenvalue weighted by Gasteiger charge is 2.43. The molecule has 0 atom stereocenters. The van der Waals surface area contributed by atoms with Crippen molar-refractivity contribution >= 4 is 17.5 Å². The Hall–Kier alpha value is -1.19. The maximum atomic E-state index is 12.0. The third kappa shape index (κ3) is 2.20. The Labute approximate surface area is 107 Å². The lowest BCUT2D eigenvalue weighted by Gasteiger charge is -2.43. The molecule has 1 amide bonds. The van der Waals surface area contributed by atoms with E-state index in [1.165, 1.54) is 0 Å². The van der Waals surface area contributed by atoms with Crippen molar-refractivity contribution in [2.24, 2.45) is 11.3 Å². The van der Waals surface area contributed by atoms with E-state index in [4.69, 9.17) is 0 Å². The first-order valence-electron chi connectivity index (χ1n) is 6.90. The van der Waals surface area contributed by atoms with Crippen LogP contribution in [0.15, 0.2) is 0 Å². The molecule has 2 saturated carbocycles. The minimum Gasteiger partial charge on any atom is -0.342 e. The van der Waals surface area contributed by atoms with E-state index in [-0.39, 0.29) is 29.3 Å². The number of carbonyl (C=O) groups excluding carboxylic acids is 3. The molecule has 4 heteroatoms. The van der Waals surface area contributed by atoms with E-state index >= 15 is 0 Å². The zero-order chi connectivity index (χ0) is 12.8. The number of likely N-dealkylation sites (tertiary alicyclic amines) is 1.